The largest absolute Gasteiger partial charge is 0.397 e. The van der Waals surface area contributed by atoms with E-state index >= 15 is 0 Å². The zero-order chi connectivity index (χ0) is 13.1. The molecule has 18 heavy (non-hydrogen) atoms. The molecule has 3 N–H and O–H groups in total. The summed E-state index contributed by atoms with van der Waals surface area (Å²) in [5, 5.41) is 2.91. The van der Waals surface area contributed by atoms with Crippen LogP contribution in [-0.2, 0) is 0 Å². The maximum Gasteiger partial charge on any atom is 0.276 e. The minimum absolute atomic E-state index is 0.0729. The van der Waals surface area contributed by atoms with Gasteiger partial charge in [-0.1, -0.05) is 11.6 Å². The number of benzene rings is 1. The van der Waals surface area contributed by atoms with E-state index < -0.39 is 5.91 Å². The average molecular weight is 266 g/mol. The summed E-state index contributed by atoms with van der Waals surface area (Å²) in [6.45, 7) is 0. The van der Waals surface area contributed by atoms with Gasteiger partial charge in [-0.15, -0.1) is 0 Å². The van der Waals surface area contributed by atoms with Crippen molar-refractivity contribution in [1.82, 2.24) is 4.98 Å². The highest BCUT2D eigenvalue weighted by Crippen LogP contribution is 2.17. The Bertz CT molecular complexity index is 586. The van der Waals surface area contributed by atoms with Crippen LogP contribution in [0.25, 0.3) is 0 Å². The molecule has 2 rings (SSSR count). The highest BCUT2D eigenvalue weighted by atomic mass is 35.5. The molecule has 0 saturated heterocycles. The van der Waals surface area contributed by atoms with E-state index in [1.54, 1.807) is 0 Å². The van der Waals surface area contributed by atoms with Gasteiger partial charge in [0.2, 0.25) is 0 Å². The van der Waals surface area contributed by atoms with Gasteiger partial charge in [0, 0.05) is 11.9 Å². The lowest BCUT2D eigenvalue weighted by Crippen LogP contribution is -2.15. The van der Waals surface area contributed by atoms with E-state index in [0.29, 0.717) is 10.7 Å². The van der Waals surface area contributed by atoms with Crippen molar-refractivity contribution in [3.05, 3.63) is 53.1 Å². The van der Waals surface area contributed by atoms with Gasteiger partial charge in [-0.2, -0.15) is 0 Å². The second-order valence-corrected chi connectivity index (χ2v) is 3.99. The van der Waals surface area contributed by atoms with Gasteiger partial charge in [0.1, 0.15) is 5.82 Å². The highest BCUT2D eigenvalue weighted by Gasteiger charge is 2.12. The summed E-state index contributed by atoms with van der Waals surface area (Å²) in [5.74, 6) is -0.854. The first-order valence-corrected chi connectivity index (χ1v) is 5.42. The van der Waals surface area contributed by atoms with Crippen LogP contribution in [0.1, 0.15) is 10.5 Å². The fourth-order valence-electron chi connectivity index (χ4n) is 1.37. The molecule has 0 unspecified atom stereocenters. The number of nitrogens with two attached hydrogens (primary N) is 1. The molecule has 0 spiro atoms. The number of hydrogen-bond donors (Lipinski definition) is 2. The Morgan fingerprint density at radius 3 is 2.61 bits per heavy atom. The fourth-order valence-corrected chi connectivity index (χ4v) is 1.53. The van der Waals surface area contributed by atoms with Crippen LogP contribution in [0, 0.1) is 5.82 Å². The van der Waals surface area contributed by atoms with Crippen LogP contribution in [-0.4, -0.2) is 10.9 Å². The average Bonchev–Trinajstić information content (AvgIpc) is 2.32. The SMILES string of the molecule is Nc1cc(Cl)cnc1C(=O)Nc1ccc(F)cc1. The Labute approximate surface area is 108 Å². The van der Waals surface area contributed by atoms with Crippen molar-refractivity contribution in [3.8, 4) is 0 Å². The molecule has 0 aliphatic heterocycles. The van der Waals surface area contributed by atoms with E-state index in [1.165, 1.54) is 36.5 Å². The number of aromatic nitrogens is 1. The molecule has 2 aromatic rings. The molecule has 92 valence electrons. The normalized spacial score (nSPS) is 10.1. The number of carbonyl (C=O) groups excluding carboxylic acids is 1. The smallest absolute Gasteiger partial charge is 0.276 e. The molecule has 0 saturated carbocycles. The van der Waals surface area contributed by atoms with Gasteiger partial charge in [0.15, 0.2) is 5.69 Å². The summed E-state index contributed by atoms with van der Waals surface area (Å²) >= 11 is 5.68. The highest BCUT2D eigenvalue weighted by molar-refractivity contribution is 6.30. The van der Waals surface area contributed by atoms with E-state index in [2.05, 4.69) is 10.3 Å². The summed E-state index contributed by atoms with van der Waals surface area (Å²) in [6.07, 6.45) is 1.33. The first kappa shape index (κ1) is 12.3. The van der Waals surface area contributed by atoms with Crippen molar-refractivity contribution in [2.75, 3.05) is 11.1 Å². The van der Waals surface area contributed by atoms with E-state index in [1.807, 2.05) is 0 Å². The molecule has 1 aromatic heterocycles. The number of nitrogen functional groups attached to an aromatic ring is 1. The summed E-state index contributed by atoms with van der Waals surface area (Å²) in [6, 6.07) is 6.81. The zero-order valence-corrected chi connectivity index (χ0v) is 9.91. The van der Waals surface area contributed by atoms with Gasteiger partial charge in [-0.3, -0.25) is 4.79 Å². The molecule has 0 bridgehead atoms. The van der Waals surface area contributed by atoms with Crippen LogP contribution in [0.2, 0.25) is 5.02 Å². The quantitative estimate of drug-likeness (QED) is 0.877. The van der Waals surface area contributed by atoms with Gasteiger partial charge in [0.25, 0.3) is 5.91 Å². The number of hydrogen-bond acceptors (Lipinski definition) is 3. The number of halogens is 2. The summed E-state index contributed by atoms with van der Waals surface area (Å²) < 4.78 is 12.7. The molecule has 0 atom stereocenters. The molecular weight excluding hydrogens is 257 g/mol. The lowest BCUT2D eigenvalue weighted by molar-refractivity contribution is 0.102. The van der Waals surface area contributed by atoms with E-state index in [0.717, 1.165) is 0 Å². The van der Waals surface area contributed by atoms with Gasteiger partial charge in [-0.05, 0) is 30.3 Å². The molecule has 6 heteroatoms. The number of amides is 1. The second kappa shape index (κ2) is 5.01. The first-order valence-electron chi connectivity index (χ1n) is 5.04. The monoisotopic (exact) mass is 265 g/mol. The Morgan fingerprint density at radius 2 is 2.00 bits per heavy atom. The zero-order valence-electron chi connectivity index (χ0n) is 9.15. The van der Waals surface area contributed by atoms with Gasteiger partial charge in [-0.25, -0.2) is 9.37 Å². The fraction of sp³-hybridized carbons (Fsp3) is 0. The van der Waals surface area contributed by atoms with Crippen molar-refractivity contribution in [1.29, 1.82) is 0 Å². The third-order valence-electron chi connectivity index (χ3n) is 2.20. The topological polar surface area (TPSA) is 68.0 Å². The molecule has 1 aromatic carbocycles. The Balaban J connectivity index is 2.19. The molecular formula is C12H9ClFN3O. The van der Waals surface area contributed by atoms with Crippen LogP contribution in [0.4, 0.5) is 15.8 Å². The summed E-state index contributed by atoms with van der Waals surface area (Å²) in [5.41, 5.74) is 6.34. The van der Waals surface area contributed by atoms with Gasteiger partial charge < -0.3 is 11.1 Å². The number of nitrogens with one attached hydrogen (secondary N) is 1. The third kappa shape index (κ3) is 2.75. The molecule has 0 aliphatic carbocycles. The predicted molar refractivity (Wildman–Crippen MR) is 68.0 cm³/mol. The summed E-state index contributed by atoms with van der Waals surface area (Å²) in [4.78, 5) is 15.7. The van der Waals surface area contributed by atoms with Crippen molar-refractivity contribution in [2.45, 2.75) is 0 Å². The number of anilines is 2. The molecule has 1 heterocycles. The van der Waals surface area contributed by atoms with Gasteiger partial charge in [0.05, 0.1) is 10.7 Å². The predicted octanol–water partition coefficient (Wildman–Crippen LogP) is 2.71. The third-order valence-corrected chi connectivity index (χ3v) is 2.41. The number of nitrogens with zero attached hydrogens (tertiary/aromatic N) is 1. The van der Waals surface area contributed by atoms with Crippen molar-refractivity contribution in [2.24, 2.45) is 0 Å². The lowest BCUT2D eigenvalue weighted by Gasteiger charge is -2.06. The van der Waals surface area contributed by atoms with Crippen LogP contribution in [0.5, 0.6) is 0 Å². The van der Waals surface area contributed by atoms with Gasteiger partial charge >= 0.3 is 0 Å². The van der Waals surface area contributed by atoms with Crippen molar-refractivity contribution < 1.29 is 9.18 Å². The van der Waals surface area contributed by atoms with E-state index in [-0.39, 0.29) is 17.2 Å². The molecule has 0 aliphatic rings. The van der Waals surface area contributed by atoms with Crippen LogP contribution < -0.4 is 11.1 Å². The molecule has 0 fully saturated rings. The number of carbonyl (C=O) groups is 1. The summed E-state index contributed by atoms with van der Waals surface area (Å²) in [7, 11) is 0. The Morgan fingerprint density at radius 1 is 1.33 bits per heavy atom. The van der Waals surface area contributed by atoms with Crippen LogP contribution in [0.3, 0.4) is 0 Å². The lowest BCUT2D eigenvalue weighted by atomic mass is 10.2. The maximum atomic E-state index is 12.7. The number of rotatable bonds is 2. The van der Waals surface area contributed by atoms with Crippen molar-refractivity contribution >= 4 is 28.9 Å². The van der Waals surface area contributed by atoms with Crippen molar-refractivity contribution in [3.63, 3.8) is 0 Å². The second-order valence-electron chi connectivity index (χ2n) is 3.55. The molecule has 1 amide bonds. The number of pyridine rings is 1. The van der Waals surface area contributed by atoms with Crippen LogP contribution >= 0.6 is 11.6 Å². The van der Waals surface area contributed by atoms with Crippen LogP contribution in [0.15, 0.2) is 36.5 Å². The van der Waals surface area contributed by atoms with E-state index in [9.17, 15) is 9.18 Å². The van der Waals surface area contributed by atoms with E-state index in [4.69, 9.17) is 17.3 Å². The first-order chi connectivity index (χ1) is 8.56. The minimum atomic E-state index is -0.476. The standard InChI is InChI=1S/C12H9ClFN3O/c13-7-5-10(15)11(16-6-7)12(18)17-9-3-1-8(14)2-4-9/h1-6H,15H2,(H,17,18). The minimum Gasteiger partial charge on any atom is -0.397 e. The maximum absolute atomic E-state index is 12.7. The Kier molecular flexibility index (Phi) is 3.43. The molecule has 0 radical (unpaired) electrons. The Hall–Kier alpha value is -2.14. The molecule has 4 nitrogen and oxygen atoms in total.